The number of amides is 1. The van der Waals surface area contributed by atoms with E-state index >= 15 is 0 Å². The van der Waals surface area contributed by atoms with Gasteiger partial charge in [0.25, 0.3) is 0 Å². The predicted molar refractivity (Wildman–Crippen MR) is 175 cm³/mol. The first-order chi connectivity index (χ1) is 21.8. The van der Waals surface area contributed by atoms with Gasteiger partial charge in [-0.05, 0) is 56.8 Å². The molecule has 0 aliphatic carbocycles. The third-order valence-electron chi connectivity index (χ3n) is 8.98. The molecule has 0 saturated carbocycles. The Bertz CT molecular complexity index is 1130. The third kappa shape index (κ3) is 12.5. The first-order valence-electron chi connectivity index (χ1n) is 16.7. The number of aliphatic hydroxyl groups excluding tert-OH is 2. The Morgan fingerprint density at radius 3 is 2.59 bits per heavy atom. The minimum absolute atomic E-state index is 0.0842. The van der Waals surface area contributed by atoms with Crippen molar-refractivity contribution in [2.75, 3.05) is 39.4 Å². The van der Waals surface area contributed by atoms with Crippen LogP contribution in [0.5, 0.6) is 0 Å². The number of esters is 1. The smallest absolute Gasteiger partial charge is 0.407 e. The van der Waals surface area contributed by atoms with Crippen molar-refractivity contribution in [1.29, 1.82) is 0 Å². The quantitative estimate of drug-likeness (QED) is 0.0837. The van der Waals surface area contributed by atoms with E-state index in [1.807, 2.05) is 46.8 Å². The van der Waals surface area contributed by atoms with Gasteiger partial charge in [0.15, 0.2) is 0 Å². The van der Waals surface area contributed by atoms with Crippen LogP contribution < -0.4 is 5.32 Å². The largest absolute Gasteiger partial charge is 0.512 e. The lowest BCUT2D eigenvalue weighted by molar-refractivity contribution is -0.151. The van der Waals surface area contributed by atoms with Crippen molar-refractivity contribution in [3.63, 3.8) is 0 Å². The molecule has 3 heterocycles. The van der Waals surface area contributed by atoms with E-state index in [4.69, 9.17) is 18.9 Å². The van der Waals surface area contributed by atoms with Gasteiger partial charge >= 0.3 is 12.1 Å². The number of morpholine rings is 1. The number of nitrogens with zero attached hydrogens (tertiary/aromatic N) is 1. The molecule has 260 valence electrons. The van der Waals surface area contributed by atoms with Gasteiger partial charge < -0.3 is 39.6 Å². The minimum atomic E-state index is -1.15. The topological polar surface area (TPSA) is 150 Å². The molecule has 3 aliphatic heterocycles. The van der Waals surface area contributed by atoms with E-state index in [2.05, 4.69) is 10.2 Å². The van der Waals surface area contributed by atoms with Crippen molar-refractivity contribution >= 4 is 12.1 Å². The molecular weight excluding hydrogens is 592 g/mol. The molecule has 11 nitrogen and oxygen atoms in total. The molecule has 0 aromatic heterocycles. The molecule has 4 N–H and O–H groups in total. The second-order valence-electron chi connectivity index (χ2n) is 13.2. The highest BCUT2D eigenvalue weighted by Crippen LogP contribution is 2.37. The van der Waals surface area contributed by atoms with E-state index in [-0.39, 0.29) is 30.5 Å². The van der Waals surface area contributed by atoms with Crippen LogP contribution in [0, 0.1) is 11.8 Å². The number of ether oxygens (including phenoxy) is 4. The van der Waals surface area contributed by atoms with Crippen LogP contribution in [0.25, 0.3) is 0 Å². The Balaban J connectivity index is 1.66. The molecule has 0 bridgehead atoms. The molecule has 2 fully saturated rings. The lowest BCUT2D eigenvalue weighted by atomic mass is 9.91. The molecule has 46 heavy (non-hydrogen) atoms. The fraction of sp³-hybridized carbons (Fsp3) is 0.714. The Labute approximate surface area is 274 Å². The summed E-state index contributed by atoms with van der Waals surface area (Å²) in [5, 5.41) is 34.4. The van der Waals surface area contributed by atoms with Crippen LogP contribution in [0.2, 0.25) is 0 Å². The van der Waals surface area contributed by atoms with Gasteiger partial charge in [0, 0.05) is 44.9 Å². The summed E-state index contributed by atoms with van der Waals surface area (Å²) >= 11 is 0. The van der Waals surface area contributed by atoms with Crippen LogP contribution in [0.4, 0.5) is 4.79 Å². The van der Waals surface area contributed by atoms with Gasteiger partial charge in [-0.3, -0.25) is 9.69 Å². The second kappa shape index (κ2) is 18.0. The highest BCUT2D eigenvalue weighted by Gasteiger charge is 2.44. The normalized spacial score (nSPS) is 32.7. The van der Waals surface area contributed by atoms with E-state index in [9.17, 15) is 24.9 Å². The Hall–Kier alpha value is -2.70. The number of allylic oxidation sites excluding steroid dienone is 3. The fourth-order valence-electron chi connectivity index (χ4n) is 5.86. The number of alkyl carbamates (subject to hydrolysis) is 1. The average molecular weight is 649 g/mol. The van der Waals surface area contributed by atoms with Gasteiger partial charge in [0.05, 0.1) is 43.2 Å². The summed E-state index contributed by atoms with van der Waals surface area (Å²) in [5.41, 5.74) is 0.397. The number of hydrogen-bond donors (Lipinski definition) is 4. The van der Waals surface area contributed by atoms with Crippen molar-refractivity contribution in [3.05, 3.63) is 47.3 Å². The Kier molecular flexibility index (Phi) is 14.8. The van der Waals surface area contributed by atoms with E-state index in [0.717, 1.165) is 30.8 Å². The maximum Gasteiger partial charge on any atom is 0.407 e. The summed E-state index contributed by atoms with van der Waals surface area (Å²) in [5.74, 6) is -0.523. The highest BCUT2D eigenvalue weighted by molar-refractivity contribution is 5.70. The van der Waals surface area contributed by atoms with E-state index in [1.54, 1.807) is 25.2 Å². The number of hydrogen-bond acceptors (Lipinski definition) is 10. The number of carbonyl (C=O) groups excluding carboxylic acids is 2. The molecule has 11 heteroatoms. The highest BCUT2D eigenvalue weighted by atomic mass is 16.6. The zero-order valence-corrected chi connectivity index (χ0v) is 28.4. The van der Waals surface area contributed by atoms with Crippen molar-refractivity contribution < 1.29 is 43.9 Å². The molecule has 0 aromatic rings. The summed E-state index contributed by atoms with van der Waals surface area (Å²) in [4.78, 5) is 27.7. The SMILES string of the molecule is CC/C(O)=C(\C)C1OC1CC(C)(O)/C=C/C=C(\C)C1OC(=O)CC(O)CCC(C)C(OC(=O)NCCN2CCOCC2)/C=C/C1C. The van der Waals surface area contributed by atoms with Gasteiger partial charge in [-0.25, -0.2) is 4.79 Å². The standard InChI is InChI=1S/C35H56N2O9/c1-7-28(39)26(5)33-30(44-33)22-35(6,42)14-8-9-24(3)32-25(4)11-13-29(23(2)10-12-27(38)21-31(40)46-32)45-34(41)36-15-16-37-17-19-43-20-18-37/h8-9,11,13-14,23,25,27,29-30,32-33,38-39,42H,7,10,12,15-22H2,1-6H3,(H,36,41)/b13-11+,14-8+,24-9+,28-26-. The summed E-state index contributed by atoms with van der Waals surface area (Å²) in [7, 11) is 0. The van der Waals surface area contributed by atoms with Crippen LogP contribution in [0.1, 0.15) is 73.6 Å². The van der Waals surface area contributed by atoms with Crippen molar-refractivity contribution in [3.8, 4) is 0 Å². The first-order valence-corrected chi connectivity index (χ1v) is 16.7. The molecule has 8 atom stereocenters. The molecule has 3 rings (SSSR count). The predicted octanol–water partition coefficient (Wildman–Crippen LogP) is 4.35. The number of carbonyl (C=O) groups is 2. The number of epoxide rings is 1. The Morgan fingerprint density at radius 1 is 1.17 bits per heavy atom. The molecular formula is C35H56N2O9. The molecule has 8 unspecified atom stereocenters. The maximum atomic E-state index is 12.8. The van der Waals surface area contributed by atoms with Crippen LogP contribution >= 0.6 is 0 Å². The van der Waals surface area contributed by atoms with Gasteiger partial charge in [0.1, 0.15) is 18.3 Å². The fourth-order valence-corrected chi connectivity index (χ4v) is 5.86. The van der Waals surface area contributed by atoms with E-state index in [0.29, 0.717) is 51.2 Å². The molecule has 3 aliphatic rings. The van der Waals surface area contributed by atoms with Crippen LogP contribution in [0.15, 0.2) is 47.3 Å². The second-order valence-corrected chi connectivity index (χ2v) is 13.2. The number of nitrogens with one attached hydrogen (secondary N) is 1. The van der Waals surface area contributed by atoms with Crippen molar-refractivity contribution in [1.82, 2.24) is 10.2 Å². The van der Waals surface area contributed by atoms with Gasteiger partial charge in [0.2, 0.25) is 0 Å². The van der Waals surface area contributed by atoms with Crippen LogP contribution in [-0.2, 0) is 23.7 Å². The van der Waals surface area contributed by atoms with Crippen molar-refractivity contribution in [2.24, 2.45) is 11.8 Å². The lowest BCUT2D eigenvalue weighted by Crippen LogP contribution is -2.42. The first kappa shape index (κ1) is 37.8. The lowest BCUT2D eigenvalue weighted by Gasteiger charge is -2.28. The zero-order chi connectivity index (χ0) is 33.9. The molecule has 0 radical (unpaired) electrons. The maximum absolute atomic E-state index is 12.8. The molecule has 2 saturated heterocycles. The molecule has 0 aromatic carbocycles. The van der Waals surface area contributed by atoms with Crippen molar-refractivity contribution in [2.45, 2.75) is 110 Å². The van der Waals surface area contributed by atoms with Gasteiger partial charge in [-0.15, -0.1) is 0 Å². The summed E-state index contributed by atoms with van der Waals surface area (Å²) in [6.45, 7) is 15.4. The van der Waals surface area contributed by atoms with E-state index < -0.39 is 36.0 Å². The monoisotopic (exact) mass is 648 g/mol. The minimum Gasteiger partial charge on any atom is -0.512 e. The summed E-state index contributed by atoms with van der Waals surface area (Å²) in [6.07, 6.45) is 7.78. The molecule has 0 spiro atoms. The number of aliphatic hydroxyl groups is 3. The zero-order valence-electron chi connectivity index (χ0n) is 28.4. The number of rotatable bonds is 11. The van der Waals surface area contributed by atoms with Gasteiger partial charge in [-0.2, -0.15) is 0 Å². The third-order valence-corrected chi connectivity index (χ3v) is 8.98. The van der Waals surface area contributed by atoms with Gasteiger partial charge in [-0.1, -0.05) is 45.1 Å². The van der Waals surface area contributed by atoms with Crippen LogP contribution in [0.3, 0.4) is 0 Å². The van der Waals surface area contributed by atoms with Crippen LogP contribution in [-0.4, -0.2) is 108 Å². The molecule has 1 amide bonds. The Morgan fingerprint density at radius 2 is 1.89 bits per heavy atom. The number of cyclic esters (lactones) is 1. The average Bonchev–Trinajstić information content (AvgIpc) is 3.77. The summed E-state index contributed by atoms with van der Waals surface area (Å²) < 4.78 is 22.7. The summed E-state index contributed by atoms with van der Waals surface area (Å²) in [6, 6.07) is 0. The van der Waals surface area contributed by atoms with E-state index in [1.165, 1.54) is 0 Å².